The molecule has 1 aliphatic rings. The number of ether oxygens (including phenoxy) is 1. The summed E-state index contributed by atoms with van der Waals surface area (Å²) < 4.78 is 18.5. The SMILES string of the molecule is CC(C)(C)OC(=O)C1CCNc2cc(F)ccc21. The Labute approximate surface area is 106 Å². The van der Waals surface area contributed by atoms with Crippen LogP contribution < -0.4 is 5.32 Å². The van der Waals surface area contributed by atoms with Gasteiger partial charge in [-0.05, 0) is 44.9 Å². The summed E-state index contributed by atoms with van der Waals surface area (Å²) >= 11 is 0. The van der Waals surface area contributed by atoms with Gasteiger partial charge in [-0.15, -0.1) is 0 Å². The number of hydrogen-bond acceptors (Lipinski definition) is 3. The summed E-state index contributed by atoms with van der Waals surface area (Å²) in [6, 6.07) is 4.46. The smallest absolute Gasteiger partial charge is 0.314 e. The lowest BCUT2D eigenvalue weighted by molar-refractivity contribution is -0.156. The van der Waals surface area contributed by atoms with Gasteiger partial charge in [-0.3, -0.25) is 4.79 Å². The van der Waals surface area contributed by atoms with Gasteiger partial charge in [-0.2, -0.15) is 0 Å². The Hall–Kier alpha value is -1.58. The Morgan fingerprint density at radius 2 is 2.17 bits per heavy atom. The fourth-order valence-corrected chi connectivity index (χ4v) is 2.11. The molecule has 1 heterocycles. The predicted molar refractivity (Wildman–Crippen MR) is 68.1 cm³/mol. The van der Waals surface area contributed by atoms with E-state index in [1.165, 1.54) is 12.1 Å². The monoisotopic (exact) mass is 251 g/mol. The summed E-state index contributed by atoms with van der Waals surface area (Å²) in [5.74, 6) is -0.843. The van der Waals surface area contributed by atoms with Crippen LogP contribution in [0.4, 0.5) is 10.1 Å². The molecule has 0 radical (unpaired) electrons. The molecular formula is C14H18FNO2. The summed E-state index contributed by atoms with van der Waals surface area (Å²) in [7, 11) is 0. The maximum atomic E-state index is 13.1. The number of rotatable bonds is 1. The topological polar surface area (TPSA) is 38.3 Å². The zero-order valence-electron chi connectivity index (χ0n) is 10.9. The number of halogens is 1. The zero-order valence-corrected chi connectivity index (χ0v) is 10.9. The van der Waals surface area contributed by atoms with Crippen LogP contribution in [0.15, 0.2) is 18.2 Å². The molecule has 1 aromatic rings. The molecular weight excluding hydrogens is 233 g/mol. The average molecular weight is 251 g/mol. The summed E-state index contributed by atoms with van der Waals surface area (Å²) in [6.07, 6.45) is 0.674. The van der Waals surface area contributed by atoms with Crippen molar-refractivity contribution in [1.82, 2.24) is 0 Å². The molecule has 0 aromatic heterocycles. The molecule has 1 aromatic carbocycles. The third-order valence-corrected chi connectivity index (χ3v) is 2.83. The first-order valence-electron chi connectivity index (χ1n) is 6.13. The van der Waals surface area contributed by atoms with Crippen LogP contribution in [-0.4, -0.2) is 18.1 Å². The van der Waals surface area contributed by atoms with E-state index < -0.39 is 5.60 Å². The van der Waals surface area contributed by atoms with Crippen molar-refractivity contribution in [1.29, 1.82) is 0 Å². The highest BCUT2D eigenvalue weighted by atomic mass is 19.1. The number of carbonyl (C=O) groups excluding carboxylic acids is 1. The Balaban J connectivity index is 2.25. The molecule has 3 nitrogen and oxygen atoms in total. The average Bonchev–Trinajstić information content (AvgIpc) is 2.25. The van der Waals surface area contributed by atoms with Crippen molar-refractivity contribution in [2.45, 2.75) is 38.7 Å². The normalized spacial score (nSPS) is 18.8. The fourth-order valence-electron chi connectivity index (χ4n) is 2.11. The molecule has 1 unspecified atom stereocenters. The molecule has 1 aliphatic heterocycles. The molecule has 2 rings (SSSR count). The van der Waals surface area contributed by atoms with E-state index >= 15 is 0 Å². The van der Waals surface area contributed by atoms with Gasteiger partial charge in [0.1, 0.15) is 11.4 Å². The lowest BCUT2D eigenvalue weighted by Gasteiger charge is -2.28. The number of benzene rings is 1. The van der Waals surface area contributed by atoms with E-state index in [2.05, 4.69) is 5.32 Å². The highest BCUT2D eigenvalue weighted by molar-refractivity contribution is 5.82. The minimum Gasteiger partial charge on any atom is -0.459 e. The van der Waals surface area contributed by atoms with Crippen molar-refractivity contribution >= 4 is 11.7 Å². The van der Waals surface area contributed by atoms with Crippen molar-refractivity contribution in [3.8, 4) is 0 Å². The molecule has 0 amide bonds. The number of carbonyl (C=O) groups is 1. The van der Waals surface area contributed by atoms with Crippen molar-refractivity contribution in [3.63, 3.8) is 0 Å². The molecule has 1 N–H and O–H groups in total. The second-order valence-electron chi connectivity index (χ2n) is 5.53. The standard InChI is InChI=1S/C14H18FNO2/c1-14(2,3)18-13(17)11-6-7-16-12-8-9(15)4-5-10(11)12/h4-5,8,11,16H,6-7H2,1-3H3. The summed E-state index contributed by atoms with van der Waals surface area (Å²) in [4.78, 5) is 12.1. The highest BCUT2D eigenvalue weighted by Crippen LogP contribution is 2.33. The van der Waals surface area contributed by atoms with E-state index in [1.807, 2.05) is 20.8 Å². The van der Waals surface area contributed by atoms with Gasteiger partial charge in [-0.1, -0.05) is 6.07 Å². The van der Waals surface area contributed by atoms with Gasteiger partial charge in [-0.25, -0.2) is 4.39 Å². The molecule has 98 valence electrons. The van der Waals surface area contributed by atoms with Crippen LogP contribution in [0.2, 0.25) is 0 Å². The number of anilines is 1. The predicted octanol–water partition coefficient (Wildman–Crippen LogP) is 3.07. The van der Waals surface area contributed by atoms with Crippen LogP contribution in [0.1, 0.15) is 38.7 Å². The minimum absolute atomic E-state index is 0.239. The Kier molecular flexibility index (Phi) is 3.28. The van der Waals surface area contributed by atoms with E-state index in [1.54, 1.807) is 6.07 Å². The van der Waals surface area contributed by atoms with Gasteiger partial charge >= 0.3 is 5.97 Å². The fraction of sp³-hybridized carbons (Fsp3) is 0.500. The molecule has 4 heteroatoms. The Morgan fingerprint density at radius 3 is 2.83 bits per heavy atom. The first-order chi connectivity index (χ1) is 8.37. The van der Waals surface area contributed by atoms with Crippen molar-refractivity contribution in [2.24, 2.45) is 0 Å². The van der Waals surface area contributed by atoms with Gasteiger partial charge in [0.15, 0.2) is 0 Å². The third kappa shape index (κ3) is 2.81. The van der Waals surface area contributed by atoms with Gasteiger partial charge in [0.25, 0.3) is 0 Å². The van der Waals surface area contributed by atoms with E-state index in [4.69, 9.17) is 4.74 Å². The van der Waals surface area contributed by atoms with Crippen LogP contribution in [0, 0.1) is 5.82 Å². The first kappa shape index (κ1) is 12.9. The number of nitrogens with one attached hydrogen (secondary N) is 1. The largest absolute Gasteiger partial charge is 0.459 e. The van der Waals surface area contributed by atoms with E-state index in [0.29, 0.717) is 18.7 Å². The lowest BCUT2D eigenvalue weighted by Crippen LogP contribution is -2.31. The molecule has 0 spiro atoms. The van der Waals surface area contributed by atoms with Gasteiger partial charge in [0.2, 0.25) is 0 Å². The second-order valence-corrected chi connectivity index (χ2v) is 5.53. The summed E-state index contributed by atoms with van der Waals surface area (Å²) in [5.41, 5.74) is 1.01. The Morgan fingerprint density at radius 1 is 1.44 bits per heavy atom. The second kappa shape index (κ2) is 4.59. The molecule has 0 aliphatic carbocycles. The van der Waals surface area contributed by atoms with Gasteiger partial charge in [0.05, 0.1) is 5.92 Å². The van der Waals surface area contributed by atoms with Crippen LogP contribution in [0.5, 0.6) is 0 Å². The van der Waals surface area contributed by atoms with Crippen LogP contribution in [-0.2, 0) is 9.53 Å². The maximum absolute atomic E-state index is 13.1. The van der Waals surface area contributed by atoms with Crippen molar-refractivity contribution < 1.29 is 13.9 Å². The molecule has 0 bridgehead atoms. The maximum Gasteiger partial charge on any atom is 0.314 e. The highest BCUT2D eigenvalue weighted by Gasteiger charge is 2.30. The molecule has 0 saturated heterocycles. The molecule has 1 atom stereocenters. The first-order valence-corrected chi connectivity index (χ1v) is 6.13. The summed E-state index contributed by atoms with van der Waals surface area (Å²) in [5, 5.41) is 3.10. The minimum atomic E-state index is -0.498. The van der Waals surface area contributed by atoms with E-state index in [9.17, 15) is 9.18 Å². The number of fused-ring (bicyclic) bond motifs is 1. The van der Waals surface area contributed by atoms with Crippen LogP contribution >= 0.6 is 0 Å². The lowest BCUT2D eigenvalue weighted by atomic mass is 9.91. The van der Waals surface area contributed by atoms with Crippen molar-refractivity contribution in [2.75, 3.05) is 11.9 Å². The van der Waals surface area contributed by atoms with Gasteiger partial charge < -0.3 is 10.1 Å². The Bertz CT molecular complexity index is 465. The quantitative estimate of drug-likeness (QED) is 0.779. The number of esters is 1. The molecule has 0 fully saturated rings. The summed E-state index contributed by atoms with van der Waals surface area (Å²) in [6.45, 7) is 6.19. The molecule has 0 saturated carbocycles. The van der Waals surface area contributed by atoms with E-state index in [0.717, 1.165) is 5.56 Å². The number of hydrogen-bond donors (Lipinski definition) is 1. The van der Waals surface area contributed by atoms with E-state index in [-0.39, 0.29) is 17.7 Å². The third-order valence-electron chi connectivity index (χ3n) is 2.83. The van der Waals surface area contributed by atoms with Crippen molar-refractivity contribution in [3.05, 3.63) is 29.6 Å². The van der Waals surface area contributed by atoms with Crippen LogP contribution in [0.25, 0.3) is 0 Å². The molecule has 18 heavy (non-hydrogen) atoms. The van der Waals surface area contributed by atoms with Gasteiger partial charge in [0, 0.05) is 12.2 Å². The zero-order chi connectivity index (χ0) is 13.3. The van der Waals surface area contributed by atoms with Crippen LogP contribution in [0.3, 0.4) is 0 Å².